The zero-order valence-corrected chi connectivity index (χ0v) is 11.3. The molecule has 0 amide bonds. The minimum Gasteiger partial charge on any atom is -0.466 e. The van der Waals surface area contributed by atoms with Gasteiger partial charge in [-0.2, -0.15) is 0 Å². The molecule has 0 radical (unpaired) electrons. The van der Waals surface area contributed by atoms with Crippen molar-refractivity contribution in [2.24, 2.45) is 5.92 Å². The lowest BCUT2D eigenvalue weighted by Gasteiger charge is -2.13. The van der Waals surface area contributed by atoms with Gasteiger partial charge in [-0.15, -0.1) is 0 Å². The second-order valence-corrected chi connectivity index (χ2v) is 4.53. The Kier molecular flexibility index (Phi) is 10.6. The van der Waals surface area contributed by atoms with Crippen molar-refractivity contribution in [3.8, 4) is 0 Å². The monoisotopic (exact) mass is 228 g/mol. The van der Waals surface area contributed by atoms with Crippen LogP contribution in [0.1, 0.15) is 72.1 Å². The molecule has 0 rings (SSSR count). The average molecular weight is 228 g/mol. The molecule has 2 nitrogen and oxygen atoms in total. The molecule has 0 saturated heterocycles. The van der Waals surface area contributed by atoms with E-state index in [1.165, 1.54) is 32.1 Å². The average Bonchev–Trinajstić information content (AvgIpc) is 2.27. The summed E-state index contributed by atoms with van der Waals surface area (Å²) >= 11 is 0. The summed E-state index contributed by atoms with van der Waals surface area (Å²) in [5.74, 6) is 0.833. The molecule has 96 valence electrons. The van der Waals surface area contributed by atoms with Crippen LogP contribution in [-0.4, -0.2) is 12.6 Å². The first kappa shape index (κ1) is 15.5. The molecule has 0 aliphatic heterocycles. The molecule has 0 fully saturated rings. The third-order valence-electron chi connectivity index (χ3n) is 3.00. The van der Waals surface area contributed by atoms with E-state index in [0.29, 0.717) is 13.0 Å². The standard InChI is InChI=1S/C14H28O2/c1-4-9-13(6-3)11-7-8-12-16-14(15)10-5-2/h13H,4-12H2,1-3H3. The molecule has 1 atom stereocenters. The number of unbranched alkanes of at least 4 members (excludes halogenated alkanes) is 1. The first-order valence-corrected chi connectivity index (χ1v) is 6.90. The van der Waals surface area contributed by atoms with Gasteiger partial charge < -0.3 is 4.74 Å². The summed E-state index contributed by atoms with van der Waals surface area (Å²) < 4.78 is 5.12. The molecule has 0 aromatic rings. The normalized spacial score (nSPS) is 12.4. The third kappa shape index (κ3) is 8.75. The van der Waals surface area contributed by atoms with Crippen LogP contribution in [0, 0.1) is 5.92 Å². The molecule has 0 aromatic carbocycles. The second-order valence-electron chi connectivity index (χ2n) is 4.53. The van der Waals surface area contributed by atoms with Crippen molar-refractivity contribution >= 4 is 5.97 Å². The molecule has 0 aliphatic carbocycles. The highest BCUT2D eigenvalue weighted by Crippen LogP contribution is 2.17. The van der Waals surface area contributed by atoms with E-state index in [4.69, 9.17) is 4.74 Å². The number of esters is 1. The van der Waals surface area contributed by atoms with E-state index in [9.17, 15) is 4.79 Å². The summed E-state index contributed by atoms with van der Waals surface area (Å²) in [5, 5.41) is 0. The highest BCUT2D eigenvalue weighted by molar-refractivity contribution is 5.69. The lowest BCUT2D eigenvalue weighted by atomic mass is 9.95. The van der Waals surface area contributed by atoms with Gasteiger partial charge in [-0.25, -0.2) is 0 Å². The van der Waals surface area contributed by atoms with Gasteiger partial charge in [-0.1, -0.05) is 46.5 Å². The van der Waals surface area contributed by atoms with Gasteiger partial charge in [0.05, 0.1) is 6.61 Å². The Labute approximate surface area is 101 Å². The second kappa shape index (κ2) is 11.0. The lowest BCUT2D eigenvalue weighted by molar-refractivity contribution is -0.143. The summed E-state index contributed by atoms with van der Waals surface area (Å²) in [6.07, 6.45) is 8.85. The number of hydrogen-bond acceptors (Lipinski definition) is 2. The van der Waals surface area contributed by atoms with E-state index in [-0.39, 0.29) is 5.97 Å². The van der Waals surface area contributed by atoms with Crippen molar-refractivity contribution in [3.05, 3.63) is 0 Å². The zero-order valence-electron chi connectivity index (χ0n) is 11.3. The van der Waals surface area contributed by atoms with Crippen LogP contribution in [-0.2, 0) is 9.53 Å². The largest absolute Gasteiger partial charge is 0.466 e. The Morgan fingerprint density at radius 1 is 1.06 bits per heavy atom. The summed E-state index contributed by atoms with van der Waals surface area (Å²) in [7, 11) is 0. The summed E-state index contributed by atoms with van der Waals surface area (Å²) in [5.41, 5.74) is 0. The first-order chi connectivity index (χ1) is 7.74. The van der Waals surface area contributed by atoms with Crippen molar-refractivity contribution in [1.29, 1.82) is 0 Å². The molecular weight excluding hydrogens is 200 g/mol. The SMILES string of the molecule is CCCC(=O)OCCCCC(CC)CCC. The third-order valence-corrected chi connectivity index (χ3v) is 3.00. The van der Waals surface area contributed by atoms with Gasteiger partial charge in [0.2, 0.25) is 0 Å². The van der Waals surface area contributed by atoms with E-state index in [0.717, 1.165) is 18.8 Å². The number of ether oxygens (including phenoxy) is 1. The molecule has 0 saturated carbocycles. The molecule has 0 heterocycles. The van der Waals surface area contributed by atoms with Gasteiger partial charge in [-0.3, -0.25) is 4.79 Å². The van der Waals surface area contributed by atoms with Crippen LogP contribution in [0.3, 0.4) is 0 Å². The Balaban J connectivity index is 3.34. The van der Waals surface area contributed by atoms with Gasteiger partial charge in [0.25, 0.3) is 0 Å². The minimum absolute atomic E-state index is 0.0388. The van der Waals surface area contributed by atoms with Crippen LogP contribution < -0.4 is 0 Å². The topological polar surface area (TPSA) is 26.3 Å². The molecule has 0 aliphatic rings. The maximum Gasteiger partial charge on any atom is 0.305 e. The molecule has 0 bridgehead atoms. The number of carbonyl (C=O) groups is 1. The molecule has 2 heteroatoms. The zero-order chi connectivity index (χ0) is 12.2. The van der Waals surface area contributed by atoms with Gasteiger partial charge >= 0.3 is 5.97 Å². The van der Waals surface area contributed by atoms with Crippen LogP contribution in [0.2, 0.25) is 0 Å². The Hall–Kier alpha value is -0.530. The Morgan fingerprint density at radius 3 is 2.38 bits per heavy atom. The smallest absolute Gasteiger partial charge is 0.305 e. The van der Waals surface area contributed by atoms with E-state index >= 15 is 0 Å². The lowest BCUT2D eigenvalue weighted by Crippen LogP contribution is -2.06. The highest BCUT2D eigenvalue weighted by atomic mass is 16.5. The minimum atomic E-state index is -0.0388. The molecule has 0 aromatic heterocycles. The molecule has 1 unspecified atom stereocenters. The van der Waals surface area contributed by atoms with Gasteiger partial charge in [-0.05, 0) is 25.2 Å². The fourth-order valence-corrected chi connectivity index (χ4v) is 1.96. The maximum atomic E-state index is 11.1. The Morgan fingerprint density at radius 2 is 1.81 bits per heavy atom. The van der Waals surface area contributed by atoms with Crippen molar-refractivity contribution in [3.63, 3.8) is 0 Å². The number of carbonyl (C=O) groups excluding carboxylic acids is 1. The summed E-state index contributed by atoms with van der Waals surface area (Å²) in [6, 6.07) is 0. The number of hydrogen-bond donors (Lipinski definition) is 0. The van der Waals surface area contributed by atoms with Crippen molar-refractivity contribution in [1.82, 2.24) is 0 Å². The molecule has 0 N–H and O–H groups in total. The quantitative estimate of drug-likeness (QED) is 0.411. The predicted octanol–water partition coefficient (Wildman–Crippen LogP) is 4.33. The maximum absolute atomic E-state index is 11.1. The highest BCUT2D eigenvalue weighted by Gasteiger charge is 2.05. The fraction of sp³-hybridized carbons (Fsp3) is 0.929. The molecule has 16 heavy (non-hydrogen) atoms. The van der Waals surface area contributed by atoms with E-state index < -0.39 is 0 Å². The number of rotatable bonds is 10. The van der Waals surface area contributed by atoms with E-state index in [1.807, 2.05) is 6.92 Å². The van der Waals surface area contributed by atoms with Crippen LogP contribution in [0.25, 0.3) is 0 Å². The van der Waals surface area contributed by atoms with Crippen LogP contribution in [0.15, 0.2) is 0 Å². The predicted molar refractivity (Wildman–Crippen MR) is 68.4 cm³/mol. The summed E-state index contributed by atoms with van der Waals surface area (Å²) in [6.45, 7) is 7.12. The first-order valence-electron chi connectivity index (χ1n) is 6.90. The van der Waals surface area contributed by atoms with Gasteiger partial charge in [0.1, 0.15) is 0 Å². The van der Waals surface area contributed by atoms with Crippen LogP contribution >= 0.6 is 0 Å². The van der Waals surface area contributed by atoms with Crippen LogP contribution in [0.5, 0.6) is 0 Å². The van der Waals surface area contributed by atoms with Gasteiger partial charge in [0, 0.05) is 6.42 Å². The van der Waals surface area contributed by atoms with Crippen molar-refractivity contribution in [2.75, 3.05) is 6.61 Å². The van der Waals surface area contributed by atoms with Gasteiger partial charge in [0.15, 0.2) is 0 Å². The Bertz CT molecular complexity index is 166. The molecular formula is C14H28O2. The van der Waals surface area contributed by atoms with Crippen molar-refractivity contribution in [2.45, 2.75) is 72.1 Å². The molecule has 0 spiro atoms. The van der Waals surface area contributed by atoms with E-state index in [2.05, 4.69) is 13.8 Å². The van der Waals surface area contributed by atoms with E-state index in [1.54, 1.807) is 0 Å². The fourth-order valence-electron chi connectivity index (χ4n) is 1.96. The van der Waals surface area contributed by atoms with Crippen LogP contribution in [0.4, 0.5) is 0 Å². The summed E-state index contributed by atoms with van der Waals surface area (Å²) in [4.78, 5) is 11.1. The van der Waals surface area contributed by atoms with Crippen molar-refractivity contribution < 1.29 is 9.53 Å².